The van der Waals surface area contributed by atoms with Crippen LogP contribution in [0.1, 0.15) is 23.7 Å². The highest BCUT2D eigenvalue weighted by Crippen LogP contribution is 2.16. The van der Waals surface area contributed by atoms with Gasteiger partial charge in [0, 0.05) is 19.5 Å². The van der Waals surface area contributed by atoms with Crippen LogP contribution >= 0.6 is 0 Å². The standard InChI is InChI=1S/C13H16N2O4/c1-2-14-9-8-11(15(18)13(14)17)19-12(16)10-6-4-3-5-7-10/h3-7,11,18H,2,8-9H2,1H3. The molecule has 1 aromatic carbocycles. The highest BCUT2D eigenvalue weighted by atomic mass is 16.6. The quantitative estimate of drug-likeness (QED) is 0.666. The second-order valence-corrected chi connectivity index (χ2v) is 4.22. The Morgan fingerprint density at radius 2 is 2.11 bits per heavy atom. The average Bonchev–Trinajstić information content (AvgIpc) is 2.45. The van der Waals surface area contributed by atoms with Crippen molar-refractivity contribution in [1.82, 2.24) is 9.96 Å². The number of amides is 2. The first kappa shape index (κ1) is 13.4. The van der Waals surface area contributed by atoms with E-state index < -0.39 is 18.2 Å². The van der Waals surface area contributed by atoms with Gasteiger partial charge in [0.2, 0.25) is 6.23 Å². The van der Waals surface area contributed by atoms with E-state index in [9.17, 15) is 14.8 Å². The molecule has 0 bridgehead atoms. The molecule has 102 valence electrons. The minimum Gasteiger partial charge on any atom is -0.435 e. The fourth-order valence-corrected chi connectivity index (χ4v) is 1.92. The van der Waals surface area contributed by atoms with E-state index in [1.807, 2.05) is 6.92 Å². The lowest BCUT2D eigenvalue weighted by atomic mass is 10.2. The summed E-state index contributed by atoms with van der Waals surface area (Å²) in [5, 5.41) is 10.2. The largest absolute Gasteiger partial charge is 0.435 e. The molecule has 1 saturated heterocycles. The van der Waals surface area contributed by atoms with E-state index in [-0.39, 0.29) is 0 Å². The zero-order valence-corrected chi connectivity index (χ0v) is 10.7. The lowest BCUT2D eigenvalue weighted by Crippen LogP contribution is -2.54. The fraction of sp³-hybridized carbons (Fsp3) is 0.385. The van der Waals surface area contributed by atoms with Crippen LogP contribution in [0, 0.1) is 0 Å². The molecular weight excluding hydrogens is 248 g/mol. The second-order valence-electron chi connectivity index (χ2n) is 4.22. The summed E-state index contributed by atoms with van der Waals surface area (Å²) in [6.07, 6.45) is -0.544. The van der Waals surface area contributed by atoms with Crippen LogP contribution in [0.3, 0.4) is 0 Å². The van der Waals surface area contributed by atoms with Gasteiger partial charge in [0.1, 0.15) is 0 Å². The maximum Gasteiger partial charge on any atom is 0.347 e. The van der Waals surface area contributed by atoms with Crippen LogP contribution in [-0.4, -0.2) is 46.5 Å². The summed E-state index contributed by atoms with van der Waals surface area (Å²) < 4.78 is 5.14. The first-order valence-electron chi connectivity index (χ1n) is 6.16. The van der Waals surface area contributed by atoms with E-state index in [2.05, 4.69) is 0 Å². The number of nitrogens with zero attached hydrogens (tertiary/aromatic N) is 2. The third kappa shape index (κ3) is 2.85. The van der Waals surface area contributed by atoms with Gasteiger partial charge in [-0.25, -0.2) is 9.59 Å². The van der Waals surface area contributed by atoms with Gasteiger partial charge in [-0.1, -0.05) is 18.2 Å². The topological polar surface area (TPSA) is 70.1 Å². The first-order valence-corrected chi connectivity index (χ1v) is 6.16. The second kappa shape index (κ2) is 5.71. The Hall–Kier alpha value is -2.08. The maximum absolute atomic E-state index is 11.8. The highest BCUT2D eigenvalue weighted by molar-refractivity contribution is 5.89. The van der Waals surface area contributed by atoms with Gasteiger partial charge >= 0.3 is 12.0 Å². The molecule has 19 heavy (non-hydrogen) atoms. The summed E-state index contributed by atoms with van der Waals surface area (Å²) in [5.74, 6) is -0.553. The zero-order valence-electron chi connectivity index (χ0n) is 10.7. The van der Waals surface area contributed by atoms with Gasteiger partial charge in [-0.3, -0.25) is 5.21 Å². The monoisotopic (exact) mass is 264 g/mol. The predicted octanol–water partition coefficient (Wildman–Crippen LogP) is 1.71. The first-order chi connectivity index (χ1) is 9.13. The number of urea groups is 1. The molecule has 2 amide bonds. The molecule has 0 radical (unpaired) electrons. The van der Waals surface area contributed by atoms with E-state index in [4.69, 9.17) is 4.74 Å². The van der Waals surface area contributed by atoms with E-state index in [0.717, 1.165) is 0 Å². The maximum atomic E-state index is 11.8. The lowest BCUT2D eigenvalue weighted by molar-refractivity contribution is -0.179. The van der Waals surface area contributed by atoms with E-state index in [1.54, 1.807) is 30.3 Å². The average molecular weight is 264 g/mol. The summed E-state index contributed by atoms with van der Waals surface area (Å²) in [6.45, 7) is 2.79. The molecule has 6 nitrogen and oxygen atoms in total. The minimum absolute atomic E-state index is 0.384. The van der Waals surface area contributed by atoms with Crippen LogP contribution in [0.5, 0.6) is 0 Å². The molecule has 1 N–H and O–H groups in total. The van der Waals surface area contributed by atoms with Gasteiger partial charge in [-0.15, -0.1) is 0 Å². The van der Waals surface area contributed by atoms with Crippen molar-refractivity contribution in [3.63, 3.8) is 0 Å². The zero-order chi connectivity index (χ0) is 13.8. The molecule has 0 spiro atoms. The predicted molar refractivity (Wildman–Crippen MR) is 66.5 cm³/mol. The number of rotatable bonds is 3. The van der Waals surface area contributed by atoms with Crippen LogP contribution in [0.2, 0.25) is 0 Å². The van der Waals surface area contributed by atoms with Gasteiger partial charge in [0.05, 0.1) is 5.56 Å². The third-order valence-corrected chi connectivity index (χ3v) is 3.02. The van der Waals surface area contributed by atoms with Gasteiger partial charge in [-0.05, 0) is 19.1 Å². The van der Waals surface area contributed by atoms with Crippen molar-refractivity contribution in [2.45, 2.75) is 19.6 Å². The molecule has 2 rings (SSSR count). The third-order valence-electron chi connectivity index (χ3n) is 3.02. The number of hydrogen-bond donors (Lipinski definition) is 1. The smallest absolute Gasteiger partial charge is 0.347 e. The molecular formula is C13H16N2O4. The molecule has 0 aromatic heterocycles. The molecule has 1 aliphatic rings. The summed E-state index contributed by atoms with van der Waals surface area (Å²) in [4.78, 5) is 25.0. The molecule has 1 fully saturated rings. The normalized spacial score (nSPS) is 19.5. The van der Waals surface area contributed by atoms with E-state index in [0.29, 0.717) is 30.1 Å². The lowest BCUT2D eigenvalue weighted by Gasteiger charge is -2.36. The van der Waals surface area contributed by atoms with Crippen molar-refractivity contribution in [3.8, 4) is 0 Å². The Labute approximate surface area is 111 Å². The van der Waals surface area contributed by atoms with Gasteiger partial charge in [0.25, 0.3) is 0 Å². The van der Waals surface area contributed by atoms with Crippen molar-refractivity contribution in [2.75, 3.05) is 13.1 Å². The Morgan fingerprint density at radius 3 is 2.74 bits per heavy atom. The number of carbonyl (C=O) groups excluding carboxylic acids is 2. The van der Waals surface area contributed by atoms with Crippen LogP contribution in [0.25, 0.3) is 0 Å². The number of benzene rings is 1. The molecule has 0 aliphatic carbocycles. The Kier molecular flexibility index (Phi) is 4.01. The van der Waals surface area contributed by atoms with Gasteiger partial charge in [0.15, 0.2) is 0 Å². The van der Waals surface area contributed by atoms with Gasteiger partial charge < -0.3 is 9.64 Å². The van der Waals surface area contributed by atoms with Crippen LogP contribution in [-0.2, 0) is 4.74 Å². The van der Waals surface area contributed by atoms with Crippen LogP contribution < -0.4 is 0 Å². The summed E-state index contributed by atoms with van der Waals surface area (Å²) >= 11 is 0. The molecule has 1 heterocycles. The van der Waals surface area contributed by atoms with E-state index in [1.165, 1.54) is 4.90 Å². The number of ether oxygens (including phenoxy) is 1. The number of hydrogen-bond acceptors (Lipinski definition) is 4. The van der Waals surface area contributed by atoms with Crippen molar-refractivity contribution >= 4 is 12.0 Å². The highest BCUT2D eigenvalue weighted by Gasteiger charge is 2.34. The molecule has 1 atom stereocenters. The van der Waals surface area contributed by atoms with E-state index >= 15 is 0 Å². The van der Waals surface area contributed by atoms with Crippen molar-refractivity contribution < 1.29 is 19.5 Å². The number of carbonyl (C=O) groups is 2. The molecule has 1 aliphatic heterocycles. The molecule has 6 heteroatoms. The Bertz CT molecular complexity index is 463. The molecule has 1 aromatic rings. The minimum atomic E-state index is -0.928. The number of esters is 1. The SMILES string of the molecule is CCN1CCC(OC(=O)c2ccccc2)N(O)C1=O. The van der Waals surface area contributed by atoms with Crippen molar-refractivity contribution in [1.29, 1.82) is 0 Å². The van der Waals surface area contributed by atoms with Crippen molar-refractivity contribution in [3.05, 3.63) is 35.9 Å². The molecule has 1 unspecified atom stereocenters. The molecule has 0 saturated carbocycles. The summed E-state index contributed by atoms with van der Waals surface area (Å²) in [6, 6.07) is 7.93. The van der Waals surface area contributed by atoms with Crippen LogP contribution in [0.15, 0.2) is 30.3 Å². The fourth-order valence-electron chi connectivity index (χ4n) is 1.92. The van der Waals surface area contributed by atoms with Gasteiger partial charge in [-0.2, -0.15) is 5.06 Å². The summed E-state index contributed by atoms with van der Waals surface area (Å²) in [5.41, 5.74) is 0.390. The van der Waals surface area contributed by atoms with Crippen molar-refractivity contribution in [2.24, 2.45) is 0 Å². The Balaban J connectivity index is 2.00. The number of hydroxylamine groups is 2. The van der Waals surface area contributed by atoms with Crippen LogP contribution in [0.4, 0.5) is 4.79 Å². The summed E-state index contributed by atoms with van der Waals surface area (Å²) in [7, 11) is 0. The Morgan fingerprint density at radius 1 is 1.42 bits per heavy atom.